The molecule has 0 spiro atoms. The third-order valence-corrected chi connectivity index (χ3v) is 5.22. The molecule has 0 amide bonds. The summed E-state index contributed by atoms with van der Waals surface area (Å²) >= 11 is 0. The van der Waals surface area contributed by atoms with Crippen molar-refractivity contribution in [3.05, 3.63) is 48.3 Å². The molecule has 0 saturated carbocycles. The van der Waals surface area contributed by atoms with E-state index in [-0.39, 0.29) is 5.41 Å². The SMILES string of the molecule is CCNC(=NCC(C)(C)c1cccc(OC)c1)N1CCN(c2ncccn2)CC1. The number of nitrogens with zero attached hydrogens (tertiary/aromatic N) is 5. The number of nitrogens with one attached hydrogen (secondary N) is 1. The van der Waals surface area contributed by atoms with Gasteiger partial charge in [-0.1, -0.05) is 26.0 Å². The number of methoxy groups -OCH3 is 1. The van der Waals surface area contributed by atoms with Crippen molar-refractivity contribution in [3.8, 4) is 5.75 Å². The fourth-order valence-corrected chi connectivity index (χ4v) is 3.41. The van der Waals surface area contributed by atoms with Gasteiger partial charge in [0.05, 0.1) is 13.7 Å². The molecule has 7 heteroatoms. The number of hydrogen-bond acceptors (Lipinski definition) is 5. The first-order valence-electron chi connectivity index (χ1n) is 10.2. The first kappa shape index (κ1) is 20.9. The van der Waals surface area contributed by atoms with Crippen molar-refractivity contribution < 1.29 is 4.74 Å². The molecule has 1 aliphatic heterocycles. The lowest BCUT2D eigenvalue weighted by Crippen LogP contribution is -2.53. The van der Waals surface area contributed by atoms with Crippen molar-refractivity contribution in [2.24, 2.45) is 4.99 Å². The summed E-state index contributed by atoms with van der Waals surface area (Å²) in [6.45, 7) is 11.6. The number of hydrogen-bond donors (Lipinski definition) is 1. The fourth-order valence-electron chi connectivity index (χ4n) is 3.41. The van der Waals surface area contributed by atoms with Crippen LogP contribution in [0.5, 0.6) is 5.75 Å². The van der Waals surface area contributed by atoms with E-state index in [4.69, 9.17) is 9.73 Å². The van der Waals surface area contributed by atoms with E-state index < -0.39 is 0 Å². The van der Waals surface area contributed by atoms with Gasteiger partial charge in [0.1, 0.15) is 5.75 Å². The lowest BCUT2D eigenvalue weighted by molar-refractivity contribution is 0.368. The van der Waals surface area contributed by atoms with E-state index in [1.54, 1.807) is 19.5 Å². The molecule has 1 aromatic carbocycles. The normalized spacial score (nSPS) is 15.4. The molecule has 0 atom stereocenters. The molecule has 0 unspecified atom stereocenters. The second kappa shape index (κ2) is 9.58. The van der Waals surface area contributed by atoms with E-state index in [1.165, 1.54) is 5.56 Å². The summed E-state index contributed by atoms with van der Waals surface area (Å²) in [5.74, 6) is 2.65. The van der Waals surface area contributed by atoms with Gasteiger partial charge >= 0.3 is 0 Å². The molecule has 2 heterocycles. The molecule has 2 aromatic rings. The molecule has 29 heavy (non-hydrogen) atoms. The highest BCUT2D eigenvalue weighted by Gasteiger charge is 2.24. The average Bonchev–Trinajstić information content (AvgIpc) is 2.77. The second-order valence-electron chi connectivity index (χ2n) is 7.81. The summed E-state index contributed by atoms with van der Waals surface area (Å²) < 4.78 is 5.38. The standard InChI is InChI=1S/C22H32N6O/c1-5-23-20(26-17-22(2,3)18-8-6-9-19(16-18)29-4)27-12-14-28(15-13-27)21-24-10-7-11-25-21/h6-11,16H,5,12-15,17H2,1-4H3,(H,23,26). The van der Waals surface area contributed by atoms with Crippen LogP contribution in [0.3, 0.4) is 0 Å². The van der Waals surface area contributed by atoms with Gasteiger partial charge < -0.3 is 19.9 Å². The van der Waals surface area contributed by atoms with Gasteiger partial charge in [-0.25, -0.2) is 9.97 Å². The van der Waals surface area contributed by atoms with Crippen LogP contribution < -0.4 is 15.0 Å². The van der Waals surface area contributed by atoms with Gasteiger partial charge in [-0.2, -0.15) is 0 Å². The van der Waals surface area contributed by atoms with Crippen LogP contribution in [0.15, 0.2) is 47.7 Å². The van der Waals surface area contributed by atoms with Crippen molar-refractivity contribution in [3.63, 3.8) is 0 Å². The Morgan fingerprint density at radius 1 is 1.14 bits per heavy atom. The maximum absolute atomic E-state index is 5.38. The second-order valence-corrected chi connectivity index (χ2v) is 7.81. The Labute approximate surface area is 173 Å². The molecule has 1 aliphatic rings. The summed E-state index contributed by atoms with van der Waals surface area (Å²) in [5, 5.41) is 3.45. The molecule has 1 N–H and O–H groups in total. The third-order valence-electron chi connectivity index (χ3n) is 5.22. The Balaban J connectivity index is 1.66. The van der Waals surface area contributed by atoms with Gasteiger partial charge in [0, 0.05) is 50.5 Å². The number of piperazine rings is 1. The summed E-state index contributed by atoms with van der Waals surface area (Å²) in [7, 11) is 1.70. The van der Waals surface area contributed by atoms with E-state index in [0.717, 1.165) is 50.4 Å². The lowest BCUT2D eigenvalue weighted by atomic mass is 9.84. The monoisotopic (exact) mass is 396 g/mol. The summed E-state index contributed by atoms with van der Waals surface area (Å²) in [6.07, 6.45) is 3.59. The van der Waals surface area contributed by atoms with Gasteiger partial charge in [-0.3, -0.25) is 4.99 Å². The Morgan fingerprint density at radius 3 is 2.52 bits per heavy atom. The molecular weight excluding hydrogens is 364 g/mol. The van der Waals surface area contributed by atoms with Crippen LogP contribution in [-0.4, -0.2) is 67.2 Å². The maximum atomic E-state index is 5.38. The molecule has 1 aromatic heterocycles. The number of ether oxygens (including phenoxy) is 1. The van der Waals surface area contributed by atoms with E-state index in [0.29, 0.717) is 6.54 Å². The molecular formula is C22H32N6O. The van der Waals surface area contributed by atoms with Gasteiger partial charge in [0.2, 0.25) is 5.95 Å². The smallest absolute Gasteiger partial charge is 0.225 e. The van der Waals surface area contributed by atoms with Crippen LogP contribution in [0.2, 0.25) is 0 Å². The minimum Gasteiger partial charge on any atom is -0.497 e. The predicted octanol–water partition coefficient (Wildman–Crippen LogP) is 2.55. The number of aromatic nitrogens is 2. The van der Waals surface area contributed by atoms with Crippen LogP contribution in [-0.2, 0) is 5.41 Å². The Bertz CT molecular complexity index is 800. The molecule has 0 aliphatic carbocycles. The average molecular weight is 397 g/mol. The van der Waals surface area contributed by atoms with Crippen molar-refractivity contribution in [1.29, 1.82) is 0 Å². The molecule has 1 saturated heterocycles. The van der Waals surface area contributed by atoms with E-state index in [1.807, 2.05) is 18.2 Å². The highest BCUT2D eigenvalue weighted by molar-refractivity contribution is 5.80. The van der Waals surface area contributed by atoms with E-state index >= 15 is 0 Å². The molecule has 0 radical (unpaired) electrons. The summed E-state index contributed by atoms with van der Waals surface area (Å²) in [4.78, 5) is 18.3. The van der Waals surface area contributed by atoms with Crippen LogP contribution in [0.25, 0.3) is 0 Å². The summed E-state index contributed by atoms with van der Waals surface area (Å²) in [6, 6.07) is 10.1. The number of benzene rings is 1. The number of anilines is 1. The van der Waals surface area contributed by atoms with E-state index in [2.05, 4.69) is 58.0 Å². The number of aliphatic imine (C=N–C) groups is 1. The minimum absolute atomic E-state index is 0.0884. The van der Waals surface area contributed by atoms with Crippen LogP contribution >= 0.6 is 0 Å². The molecule has 1 fully saturated rings. The topological polar surface area (TPSA) is 65.9 Å². The van der Waals surface area contributed by atoms with Crippen LogP contribution in [0.4, 0.5) is 5.95 Å². The van der Waals surface area contributed by atoms with Crippen LogP contribution in [0, 0.1) is 0 Å². The zero-order chi connectivity index (χ0) is 20.7. The zero-order valence-electron chi connectivity index (χ0n) is 17.9. The predicted molar refractivity (Wildman–Crippen MR) is 118 cm³/mol. The first-order chi connectivity index (χ1) is 14.0. The van der Waals surface area contributed by atoms with Crippen LogP contribution in [0.1, 0.15) is 26.3 Å². The third kappa shape index (κ3) is 5.37. The van der Waals surface area contributed by atoms with Gasteiger partial charge in [-0.15, -0.1) is 0 Å². The minimum atomic E-state index is -0.0884. The molecule has 0 bridgehead atoms. The number of rotatable bonds is 6. The highest BCUT2D eigenvalue weighted by Crippen LogP contribution is 2.27. The Hall–Kier alpha value is -2.83. The quantitative estimate of drug-likeness (QED) is 0.598. The van der Waals surface area contributed by atoms with Gasteiger partial charge in [-0.05, 0) is 30.7 Å². The van der Waals surface area contributed by atoms with Gasteiger partial charge in [0.25, 0.3) is 0 Å². The van der Waals surface area contributed by atoms with Crippen molar-refractivity contribution >= 4 is 11.9 Å². The molecule has 7 nitrogen and oxygen atoms in total. The Morgan fingerprint density at radius 2 is 1.86 bits per heavy atom. The maximum Gasteiger partial charge on any atom is 0.225 e. The van der Waals surface area contributed by atoms with Crippen molar-refractivity contribution in [2.75, 3.05) is 51.3 Å². The van der Waals surface area contributed by atoms with Crippen molar-refractivity contribution in [1.82, 2.24) is 20.2 Å². The highest BCUT2D eigenvalue weighted by atomic mass is 16.5. The first-order valence-corrected chi connectivity index (χ1v) is 10.2. The Kier molecular flexibility index (Phi) is 6.90. The zero-order valence-corrected chi connectivity index (χ0v) is 17.9. The van der Waals surface area contributed by atoms with Crippen molar-refractivity contribution in [2.45, 2.75) is 26.2 Å². The lowest BCUT2D eigenvalue weighted by Gasteiger charge is -2.37. The fraction of sp³-hybridized carbons (Fsp3) is 0.500. The molecule has 156 valence electrons. The number of guanidine groups is 1. The van der Waals surface area contributed by atoms with Gasteiger partial charge in [0.15, 0.2) is 5.96 Å². The largest absolute Gasteiger partial charge is 0.497 e. The summed E-state index contributed by atoms with van der Waals surface area (Å²) in [5.41, 5.74) is 1.14. The van der Waals surface area contributed by atoms with E-state index in [9.17, 15) is 0 Å². The molecule has 3 rings (SSSR count).